The highest BCUT2D eigenvalue weighted by molar-refractivity contribution is 6.05. The molecule has 1 fully saturated rings. The summed E-state index contributed by atoms with van der Waals surface area (Å²) < 4.78 is 0. The lowest BCUT2D eigenvalue weighted by Crippen LogP contribution is -2.55. The maximum atomic E-state index is 13.5. The van der Waals surface area contributed by atoms with Gasteiger partial charge < -0.3 is 20.9 Å². The minimum atomic E-state index is -0.443. The lowest BCUT2D eigenvalue weighted by atomic mass is 9.97. The van der Waals surface area contributed by atoms with Crippen LogP contribution in [0.3, 0.4) is 0 Å². The fourth-order valence-corrected chi connectivity index (χ4v) is 4.35. The number of likely N-dealkylation sites (tertiary alicyclic amines) is 1. The molecular weight excluding hydrogens is 388 g/mol. The van der Waals surface area contributed by atoms with Crippen LogP contribution in [0.15, 0.2) is 59.6 Å². The predicted molar refractivity (Wildman–Crippen MR) is 121 cm³/mol. The lowest BCUT2D eigenvalue weighted by Gasteiger charge is -2.42. The zero-order valence-corrected chi connectivity index (χ0v) is 17.7. The fourth-order valence-electron chi connectivity index (χ4n) is 4.35. The number of hydrogen-bond donors (Lipinski definition) is 2. The van der Waals surface area contributed by atoms with Gasteiger partial charge in [0.15, 0.2) is 6.17 Å². The molecular formula is C24H28N6O. The van der Waals surface area contributed by atoms with E-state index in [1.54, 1.807) is 18.0 Å². The molecule has 1 amide bonds. The van der Waals surface area contributed by atoms with Crippen LogP contribution in [0.1, 0.15) is 30.1 Å². The van der Waals surface area contributed by atoms with Crippen molar-refractivity contribution in [1.82, 2.24) is 9.80 Å². The van der Waals surface area contributed by atoms with Gasteiger partial charge in [-0.15, -0.1) is 0 Å². The molecule has 0 bridgehead atoms. The maximum absolute atomic E-state index is 13.5. The molecule has 2 aromatic rings. The van der Waals surface area contributed by atoms with Gasteiger partial charge in [0.05, 0.1) is 11.3 Å². The number of amidine groups is 1. The standard InChI is InChI=1S/C24H28N6O/c1-29-22(17-8-3-2-4-9-17)28-23(30-13-7-11-19(26)16-30)20(24(29)31)15-27-21-12-6-5-10-18(21)14-25/h2-6,8-10,12,19-20,22,27H,7,11,13,15-16,26H2,1H3. The number of hydrogen-bond acceptors (Lipinski definition) is 6. The smallest absolute Gasteiger partial charge is 0.236 e. The Morgan fingerprint density at radius 2 is 1.94 bits per heavy atom. The molecule has 3 N–H and O–H groups in total. The summed E-state index contributed by atoms with van der Waals surface area (Å²) in [5, 5.41) is 12.7. The van der Waals surface area contributed by atoms with E-state index in [1.165, 1.54) is 0 Å². The maximum Gasteiger partial charge on any atom is 0.236 e. The third-order valence-electron chi connectivity index (χ3n) is 6.00. The van der Waals surface area contributed by atoms with Crippen molar-refractivity contribution < 1.29 is 4.79 Å². The van der Waals surface area contributed by atoms with Gasteiger partial charge >= 0.3 is 0 Å². The van der Waals surface area contributed by atoms with Crippen molar-refractivity contribution in [2.75, 3.05) is 32.0 Å². The third-order valence-corrected chi connectivity index (χ3v) is 6.00. The Labute approximate surface area is 183 Å². The Hall–Kier alpha value is -3.37. The van der Waals surface area contributed by atoms with Crippen molar-refractivity contribution >= 4 is 17.4 Å². The first-order valence-corrected chi connectivity index (χ1v) is 10.7. The molecule has 0 radical (unpaired) electrons. The van der Waals surface area contributed by atoms with Crippen molar-refractivity contribution in [3.05, 3.63) is 65.7 Å². The van der Waals surface area contributed by atoms with E-state index in [2.05, 4.69) is 16.3 Å². The van der Waals surface area contributed by atoms with E-state index in [4.69, 9.17) is 10.7 Å². The Bertz CT molecular complexity index is 999. The molecule has 31 heavy (non-hydrogen) atoms. The molecule has 3 atom stereocenters. The van der Waals surface area contributed by atoms with E-state index >= 15 is 0 Å². The molecule has 0 saturated carbocycles. The molecule has 2 aliphatic heterocycles. The van der Waals surface area contributed by atoms with Crippen LogP contribution >= 0.6 is 0 Å². The first-order valence-electron chi connectivity index (χ1n) is 10.7. The average molecular weight is 417 g/mol. The summed E-state index contributed by atoms with van der Waals surface area (Å²) in [6, 6.07) is 19.5. The van der Waals surface area contributed by atoms with Crippen LogP contribution in [0.25, 0.3) is 0 Å². The molecule has 3 unspecified atom stereocenters. The van der Waals surface area contributed by atoms with Gasteiger partial charge in [-0.2, -0.15) is 5.26 Å². The van der Waals surface area contributed by atoms with Crippen LogP contribution in [0.5, 0.6) is 0 Å². The first-order chi connectivity index (χ1) is 15.1. The molecule has 1 saturated heterocycles. The highest BCUT2D eigenvalue weighted by atomic mass is 16.2. The summed E-state index contributed by atoms with van der Waals surface area (Å²) in [5.41, 5.74) is 8.51. The minimum absolute atomic E-state index is 0.0138. The molecule has 7 nitrogen and oxygen atoms in total. The number of nitrogens with two attached hydrogens (primary N) is 1. The van der Waals surface area contributed by atoms with E-state index in [-0.39, 0.29) is 18.1 Å². The second kappa shape index (κ2) is 9.19. The quantitative estimate of drug-likeness (QED) is 0.798. The summed E-state index contributed by atoms with van der Waals surface area (Å²) >= 11 is 0. The summed E-state index contributed by atoms with van der Waals surface area (Å²) in [7, 11) is 1.80. The summed E-state index contributed by atoms with van der Waals surface area (Å²) in [6.07, 6.45) is 1.61. The second-order valence-electron chi connectivity index (χ2n) is 8.16. The molecule has 0 aromatic heterocycles. The van der Waals surface area contributed by atoms with E-state index in [0.29, 0.717) is 18.7 Å². The van der Waals surface area contributed by atoms with Gasteiger partial charge in [-0.05, 0) is 30.5 Å². The molecule has 160 valence electrons. The van der Waals surface area contributed by atoms with E-state index in [9.17, 15) is 10.1 Å². The third kappa shape index (κ3) is 4.39. The van der Waals surface area contributed by atoms with Crippen LogP contribution in [-0.2, 0) is 4.79 Å². The van der Waals surface area contributed by atoms with Crippen molar-refractivity contribution in [2.45, 2.75) is 25.0 Å². The Morgan fingerprint density at radius 1 is 1.19 bits per heavy atom. The van der Waals surface area contributed by atoms with Gasteiger partial charge in [-0.25, -0.2) is 4.99 Å². The second-order valence-corrected chi connectivity index (χ2v) is 8.16. The molecule has 0 spiro atoms. The summed E-state index contributed by atoms with van der Waals surface area (Å²) in [4.78, 5) is 22.5. The number of carbonyl (C=O) groups excluding carboxylic acids is 1. The molecule has 4 rings (SSSR count). The van der Waals surface area contributed by atoms with Gasteiger partial charge in [0.1, 0.15) is 17.8 Å². The first kappa shape index (κ1) is 20.9. The molecule has 2 heterocycles. The molecule has 0 aliphatic carbocycles. The van der Waals surface area contributed by atoms with E-state index < -0.39 is 5.92 Å². The number of rotatable bonds is 4. The van der Waals surface area contributed by atoms with Crippen molar-refractivity contribution in [3.8, 4) is 6.07 Å². The van der Waals surface area contributed by atoms with Crippen LogP contribution in [0.4, 0.5) is 5.69 Å². The molecule has 7 heteroatoms. The number of anilines is 1. The zero-order valence-electron chi connectivity index (χ0n) is 17.7. The number of aliphatic imine (C=N–C) groups is 1. The highest BCUT2D eigenvalue weighted by Crippen LogP contribution is 2.30. The molecule has 2 aromatic carbocycles. The van der Waals surface area contributed by atoms with Crippen LogP contribution in [-0.4, -0.2) is 54.3 Å². The Kier molecular flexibility index (Phi) is 6.19. The normalized spacial score (nSPS) is 23.8. The highest BCUT2D eigenvalue weighted by Gasteiger charge is 2.39. The van der Waals surface area contributed by atoms with E-state index in [0.717, 1.165) is 36.5 Å². The number of nitriles is 1. The van der Waals surface area contributed by atoms with Gasteiger partial charge in [0, 0.05) is 32.7 Å². The number of nitrogens with zero attached hydrogens (tertiary/aromatic N) is 4. The summed E-state index contributed by atoms with van der Waals surface area (Å²) in [6.45, 7) is 1.91. The Morgan fingerprint density at radius 3 is 2.68 bits per heavy atom. The van der Waals surface area contributed by atoms with Gasteiger partial charge in [0.25, 0.3) is 0 Å². The molecule has 2 aliphatic rings. The van der Waals surface area contributed by atoms with Crippen LogP contribution in [0, 0.1) is 17.2 Å². The number of piperidine rings is 1. The lowest BCUT2D eigenvalue weighted by molar-refractivity contribution is -0.135. The van der Waals surface area contributed by atoms with Crippen LogP contribution < -0.4 is 11.1 Å². The SMILES string of the molecule is CN1C(=O)C(CNc2ccccc2C#N)C(N2CCCC(N)C2)=NC1c1ccccc1. The Balaban J connectivity index is 1.66. The largest absolute Gasteiger partial charge is 0.383 e. The topological polar surface area (TPSA) is 97.8 Å². The van der Waals surface area contributed by atoms with Crippen molar-refractivity contribution in [1.29, 1.82) is 5.26 Å². The minimum Gasteiger partial charge on any atom is -0.383 e. The van der Waals surface area contributed by atoms with Crippen LogP contribution in [0.2, 0.25) is 0 Å². The average Bonchev–Trinajstić information content (AvgIpc) is 2.80. The predicted octanol–water partition coefficient (Wildman–Crippen LogP) is 2.58. The van der Waals surface area contributed by atoms with E-state index in [1.807, 2.05) is 48.5 Å². The van der Waals surface area contributed by atoms with Crippen molar-refractivity contribution in [3.63, 3.8) is 0 Å². The van der Waals surface area contributed by atoms with Gasteiger partial charge in [-0.3, -0.25) is 4.79 Å². The number of amides is 1. The fraction of sp³-hybridized carbons (Fsp3) is 0.375. The zero-order chi connectivity index (χ0) is 21.8. The monoisotopic (exact) mass is 416 g/mol. The summed E-state index contributed by atoms with van der Waals surface area (Å²) in [5.74, 6) is 0.357. The van der Waals surface area contributed by atoms with Gasteiger partial charge in [-0.1, -0.05) is 42.5 Å². The van der Waals surface area contributed by atoms with Gasteiger partial charge in [0.2, 0.25) is 5.91 Å². The number of carbonyl (C=O) groups is 1. The van der Waals surface area contributed by atoms with Crippen molar-refractivity contribution in [2.24, 2.45) is 16.6 Å². The number of benzene rings is 2. The number of para-hydroxylation sites is 1. The number of nitrogens with one attached hydrogen (secondary N) is 1.